The van der Waals surface area contributed by atoms with E-state index in [4.69, 9.17) is 10.5 Å². The lowest BCUT2D eigenvalue weighted by atomic mass is 10.1. The third-order valence-corrected chi connectivity index (χ3v) is 5.06. The van der Waals surface area contributed by atoms with Crippen LogP contribution < -0.4 is 26.6 Å². The van der Waals surface area contributed by atoms with E-state index in [1.54, 1.807) is 12.4 Å². The van der Waals surface area contributed by atoms with Crippen LogP contribution in [0, 0.1) is 5.92 Å². The summed E-state index contributed by atoms with van der Waals surface area (Å²) in [6.07, 6.45) is 5.16. The SMILES string of the molecule is CCCCN(Cc1ccccc1Oc1cccnc1)c1c(N)n(CC(C)C)c(=O)[nH]c1=O. The number of nitrogens with zero attached hydrogens (tertiary/aromatic N) is 3. The minimum atomic E-state index is -0.485. The smallest absolute Gasteiger partial charge is 0.330 e. The van der Waals surface area contributed by atoms with E-state index in [-0.39, 0.29) is 11.7 Å². The molecule has 0 bridgehead atoms. The lowest BCUT2D eigenvalue weighted by Gasteiger charge is -2.27. The van der Waals surface area contributed by atoms with Crippen molar-refractivity contribution in [3.8, 4) is 11.5 Å². The number of H-pyrrole nitrogens is 1. The number of aromatic nitrogens is 3. The topological polar surface area (TPSA) is 106 Å². The number of ether oxygens (including phenoxy) is 1. The van der Waals surface area contributed by atoms with E-state index in [1.807, 2.05) is 55.1 Å². The minimum absolute atomic E-state index is 0.189. The zero-order chi connectivity index (χ0) is 23.1. The zero-order valence-corrected chi connectivity index (χ0v) is 18.9. The second-order valence-corrected chi connectivity index (χ2v) is 8.17. The first-order valence-corrected chi connectivity index (χ1v) is 10.9. The van der Waals surface area contributed by atoms with Crippen molar-refractivity contribution in [2.75, 3.05) is 17.2 Å². The number of nitrogens with one attached hydrogen (secondary N) is 1. The molecule has 3 aromatic rings. The fourth-order valence-electron chi connectivity index (χ4n) is 3.52. The van der Waals surface area contributed by atoms with Crippen molar-refractivity contribution >= 4 is 11.5 Å². The average Bonchev–Trinajstić information content (AvgIpc) is 2.76. The number of benzene rings is 1. The van der Waals surface area contributed by atoms with Crippen LogP contribution >= 0.6 is 0 Å². The van der Waals surface area contributed by atoms with Crippen molar-refractivity contribution < 1.29 is 4.74 Å². The normalized spacial score (nSPS) is 11.0. The van der Waals surface area contributed by atoms with E-state index in [0.717, 1.165) is 18.4 Å². The Hall–Kier alpha value is -3.55. The molecule has 2 aromatic heterocycles. The highest BCUT2D eigenvalue weighted by Crippen LogP contribution is 2.28. The first-order valence-electron chi connectivity index (χ1n) is 10.9. The number of nitrogen functional groups attached to an aromatic ring is 1. The van der Waals surface area contributed by atoms with Crippen LogP contribution in [0.5, 0.6) is 11.5 Å². The molecule has 3 rings (SSSR count). The van der Waals surface area contributed by atoms with E-state index in [0.29, 0.717) is 36.8 Å². The van der Waals surface area contributed by atoms with Gasteiger partial charge in [0.2, 0.25) is 0 Å². The maximum atomic E-state index is 12.8. The van der Waals surface area contributed by atoms with Gasteiger partial charge in [-0.05, 0) is 30.5 Å². The Kier molecular flexibility index (Phi) is 7.70. The van der Waals surface area contributed by atoms with Gasteiger partial charge in [-0.25, -0.2) is 4.79 Å². The zero-order valence-electron chi connectivity index (χ0n) is 18.9. The second kappa shape index (κ2) is 10.7. The van der Waals surface area contributed by atoms with Crippen molar-refractivity contribution in [2.45, 2.75) is 46.7 Å². The van der Waals surface area contributed by atoms with E-state index in [9.17, 15) is 9.59 Å². The predicted octanol–water partition coefficient (Wildman–Crippen LogP) is 3.77. The van der Waals surface area contributed by atoms with Gasteiger partial charge in [0.15, 0.2) is 0 Å². The molecule has 32 heavy (non-hydrogen) atoms. The fraction of sp³-hybridized carbons (Fsp3) is 0.375. The van der Waals surface area contributed by atoms with Gasteiger partial charge in [0.25, 0.3) is 5.56 Å². The van der Waals surface area contributed by atoms with Crippen molar-refractivity contribution in [1.29, 1.82) is 0 Å². The Balaban J connectivity index is 2.01. The van der Waals surface area contributed by atoms with Crippen LogP contribution in [0.15, 0.2) is 58.4 Å². The molecule has 0 fully saturated rings. The Morgan fingerprint density at radius 3 is 2.66 bits per heavy atom. The monoisotopic (exact) mass is 437 g/mol. The minimum Gasteiger partial charge on any atom is -0.455 e. The van der Waals surface area contributed by atoms with Gasteiger partial charge in [-0.15, -0.1) is 0 Å². The maximum Gasteiger partial charge on any atom is 0.330 e. The van der Waals surface area contributed by atoms with Crippen molar-refractivity contribution in [1.82, 2.24) is 14.5 Å². The highest BCUT2D eigenvalue weighted by molar-refractivity contribution is 5.63. The molecular formula is C24H31N5O3. The van der Waals surface area contributed by atoms with Gasteiger partial charge in [-0.3, -0.25) is 19.3 Å². The summed E-state index contributed by atoms with van der Waals surface area (Å²) >= 11 is 0. The van der Waals surface area contributed by atoms with E-state index in [2.05, 4.69) is 16.9 Å². The number of unbranched alkanes of at least 4 members (excludes halogenated alkanes) is 1. The van der Waals surface area contributed by atoms with Crippen LogP contribution in [0.25, 0.3) is 0 Å². The highest BCUT2D eigenvalue weighted by atomic mass is 16.5. The molecule has 2 heterocycles. The van der Waals surface area contributed by atoms with Gasteiger partial charge < -0.3 is 15.4 Å². The molecule has 0 unspecified atom stereocenters. The Morgan fingerprint density at radius 2 is 1.97 bits per heavy atom. The third kappa shape index (κ3) is 5.57. The molecule has 0 atom stereocenters. The number of para-hydroxylation sites is 1. The fourth-order valence-corrected chi connectivity index (χ4v) is 3.52. The molecule has 0 aliphatic carbocycles. The molecule has 8 heteroatoms. The Bertz CT molecular complexity index is 1140. The number of aromatic amines is 1. The third-order valence-electron chi connectivity index (χ3n) is 5.06. The molecule has 0 spiro atoms. The summed E-state index contributed by atoms with van der Waals surface area (Å²) in [6, 6.07) is 11.3. The molecule has 8 nitrogen and oxygen atoms in total. The van der Waals surface area contributed by atoms with Gasteiger partial charge in [0.05, 0.1) is 6.20 Å². The average molecular weight is 438 g/mol. The number of nitrogens with two attached hydrogens (primary N) is 1. The number of pyridine rings is 1. The summed E-state index contributed by atoms with van der Waals surface area (Å²) in [7, 11) is 0. The molecule has 1 aromatic carbocycles. The van der Waals surface area contributed by atoms with Gasteiger partial charge >= 0.3 is 5.69 Å². The van der Waals surface area contributed by atoms with Crippen LogP contribution in [-0.2, 0) is 13.1 Å². The number of hydrogen-bond acceptors (Lipinski definition) is 6. The first-order chi connectivity index (χ1) is 15.4. The summed E-state index contributed by atoms with van der Waals surface area (Å²) in [5.74, 6) is 1.69. The standard InChI is InChI=1S/C24H31N5O3/c1-4-5-13-28(21-22(25)29(15-17(2)3)24(31)27-23(21)30)16-18-9-6-7-11-20(18)32-19-10-8-12-26-14-19/h6-12,14,17H,4-5,13,15-16,25H2,1-3H3,(H,27,30,31). The lowest BCUT2D eigenvalue weighted by molar-refractivity contribution is 0.472. The van der Waals surface area contributed by atoms with Crippen LogP contribution in [0.3, 0.4) is 0 Å². The van der Waals surface area contributed by atoms with Crippen molar-refractivity contribution in [2.24, 2.45) is 5.92 Å². The van der Waals surface area contributed by atoms with Gasteiger partial charge in [0.1, 0.15) is 23.0 Å². The van der Waals surface area contributed by atoms with E-state index < -0.39 is 11.2 Å². The first kappa shape index (κ1) is 23.1. The molecule has 0 radical (unpaired) electrons. The summed E-state index contributed by atoms with van der Waals surface area (Å²) in [5, 5.41) is 0. The Morgan fingerprint density at radius 1 is 1.19 bits per heavy atom. The largest absolute Gasteiger partial charge is 0.455 e. The number of anilines is 2. The molecule has 0 saturated heterocycles. The van der Waals surface area contributed by atoms with Gasteiger partial charge in [0, 0.05) is 31.4 Å². The number of rotatable bonds is 10. The van der Waals surface area contributed by atoms with Crippen LogP contribution in [0.4, 0.5) is 11.5 Å². The summed E-state index contributed by atoms with van der Waals surface area (Å²) in [6.45, 7) is 7.53. The molecular weight excluding hydrogens is 406 g/mol. The summed E-state index contributed by atoms with van der Waals surface area (Å²) in [4.78, 5) is 33.7. The van der Waals surface area contributed by atoms with Crippen molar-refractivity contribution in [3.63, 3.8) is 0 Å². The van der Waals surface area contributed by atoms with E-state index >= 15 is 0 Å². The lowest BCUT2D eigenvalue weighted by Crippen LogP contribution is -2.39. The van der Waals surface area contributed by atoms with Gasteiger partial charge in [-0.2, -0.15) is 0 Å². The molecule has 0 aliphatic heterocycles. The molecule has 3 N–H and O–H groups in total. The molecule has 0 amide bonds. The second-order valence-electron chi connectivity index (χ2n) is 8.17. The quantitative estimate of drug-likeness (QED) is 0.500. The van der Waals surface area contributed by atoms with Crippen LogP contribution in [-0.4, -0.2) is 21.1 Å². The van der Waals surface area contributed by atoms with Crippen molar-refractivity contribution in [3.05, 3.63) is 75.2 Å². The predicted molar refractivity (Wildman–Crippen MR) is 127 cm³/mol. The van der Waals surface area contributed by atoms with Gasteiger partial charge in [-0.1, -0.05) is 45.4 Å². The highest BCUT2D eigenvalue weighted by Gasteiger charge is 2.20. The van der Waals surface area contributed by atoms with Crippen LogP contribution in [0.2, 0.25) is 0 Å². The summed E-state index contributed by atoms with van der Waals surface area (Å²) < 4.78 is 7.49. The molecule has 0 aliphatic rings. The Labute approximate surface area is 187 Å². The van der Waals surface area contributed by atoms with Crippen LogP contribution in [0.1, 0.15) is 39.2 Å². The number of hydrogen-bond donors (Lipinski definition) is 2. The molecule has 170 valence electrons. The maximum absolute atomic E-state index is 12.8. The van der Waals surface area contributed by atoms with E-state index in [1.165, 1.54) is 4.57 Å². The molecule has 0 saturated carbocycles. The summed E-state index contributed by atoms with van der Waals surface area (Å²) in [5.41, 5.74) is 6.63.